The van der Waals surface area contributed by atoms with Gasteiger partial charge in [-0.2, -0.15) is 0 Å². The summed E-state index contributed by atoms with van der Waals surface area (Å²) in [5, 5.41) is 4.77. The van der Waals surface area contributed by atoms with Crippen molar-refractivity contribution in [3.05, 3.63) is 48.3 Å². The van der Waals surface area contributed by atoms with Gasteiger partial charge < -0.3 is 5.32 Å². The number of nitrogens with zero attached hydrogens (tertiary/aromatic N) is 1. The number of hydrogen-bond acceptors (Lipinski definition) is 3. The molecule has 118 valence electrons. The number of hydrogen-bond donors (Lipinski definition) is 2. The number of urea groups is 1. The summed E-state index contributed by atoms with van der Waals surface area (Å²) in [5.41, 5.74) is 0.989. The van der Waals surface area contributed by atoms with E-state index in [1.807, 2.05) is 4.90 Å². The molecule has 0 bridgehead atoms. The predicted molar refractivity (Wildman–Crippen MR) is 81.7 cm³/mol. The van der Waals surface area contributed by atoms with Crippen LogP contribution in [-0.2, 0) is 4.79 Å². The highest BCUT2D eigenvalue weighted by Crippen LogP contribution is 2.31. The van der Waals surface area contributed by atoms with Gasteiger partial charge in [-0.15, -0.1) is 6.58 Å². The third kappa shape index (κ3) is 4.39. The summed E-state index contributed by atoms with van der Waals surface area (Å²) in [6, 6.07) is 5.90. The van der Waals surface area contributed by atoms with Crippen molar-refractivity contribution in [3.63, 3.8) is 0 Å². The molecule has 3 amide bonds. The van der Waals surface area contributed by atoms with Gasteiger partial charge in [-0.05, 0) is 37.1 Å². The van der Waals surface area contributed by atoms with Gasteiger partial charge in [0, 0.05) is 12.6 Å². The van der Waals surface area contributed by atoms with Crippen molar-refractivity contribution >= 4 is 11.9 Å². The zero-order valence-electron chi connectivity index (χ0n) is 12.3. The lowest BCUT2D eigenvalue weighted by atomic mass is 10.0. The van der Waals surface area contributed by atoms with Gasteiger partial charge in [-0.25, -0.2) is 9.18 Å². The molecule has 22 heavy (non-hydrogen) atoms. The molecule has 5 nitrogen and oxygen atoms in total. The van der Waals surface area contributed by atoms with Crippen LogP contribution in [0.15, 0.2) is 36.9 Å². The minimum Gasteiger partial charge on any atom is -0.334 e. The number of imide groups is 1. The number of nitrogens with one attached hydrogen (secondary N) is 2. The third-order valence-corrected chi connectivity index (χ3v) is 3.63. The fourth-order valence-electron chi connectivity index (χ4n) is 2.64. The Bertz CT molecular complexity index is 545. The van der Waals surface area contributed by atoms with E-state index in [-0.39, 0.29) is 24.3 Å². The summed E-state index contributed by atoms with van der Waals surface area (Å²) in [4.78, 5) is 25.3. The monoisotopic (exact) mass is 305 g/mol. The molecule has 1 aliphatic rings. The Morgan fingerprint density at radius 3 is 2.77 bits per heavy atom. The van der Waals surface area contributed by atoms with Crippen molar-refractivity contribution in [1.29, 1.82) is 0 Å². The Labute approximate surface area is 129 Å². The SMILES string of the molecule is C=CCNC(=O)NC(=O)CN1CCCC1c1ccc(F)cc1. The van der Waals surface area contributed by atoms with Crippen LogP contribution in [0.4, 0.5) is 9.18 Å². The topological polar surface area (TPSA) is 61.4 Å². The van der Waals surface area contributed by atoms with Crippen LogP contribution in [0.2, 0.25) is 0 Å². The molecule has 6 heteroatoms. The van der Waals surface area contributed by atoms with Crippen LogP contribution >= 0.6 is 0 Å². The minimum absolute atomic E-state index is 0.0857. The van der Waals surface area contributed by atoms with Gasteiger partial charge in [0.2, 0.25) is 5.91 Å². The van der Waals surface area contributed by atoms with E-state index in [0.717, 1.165) is 24.9 Å². The lowest BCUT2D eigenvalue weighted by molar-refractivity contribution is -0.121. The summed E-state index contributed by atoms with van der Waals surface area (Å²) < 4.78 is 13.0. The highest BCUT2D eigenvalue weighted by Gasteiger charge is 2.27. The molecule has 0 aromatic heterocycles. The zero-order chi connectivity index (χ0) is 15.9. The average Bonchev–Trinajstić information content (AvgIpc) is 2.93. The van der Waals surface area contributed by atoms with Crippen LogP contribution in [0.3, 0.4) is 0 Å². The molecule has 1 atom stereocenters. The third-order valence-electron chi connectivity index (χ3n) is 3.63. The van der Waals surface area contributed by atoms with Crippen molar-refractivity contribution < 1.29 is 14.0 Å². The van der Waals surface area contributed by atoms with E-state index < -0.39 is 6.03 Å². The quantitative estimate of drug-likeness (QED) is 0.818. The first-order valence-electron chi connectivity index (χ1n) is 7.28. The van der Waals surface area contributed by atoms with E-state index in [0.29, 0.717) is 6.54 Å². The number of likely N-dealkylation sites (tertiary alicyclic amines) is 1. The molecule has 2 rings (SSSR count). The second kappa shape index (κ2) is 7.70. The molecule has 1 aliphatic heterocycles. The second-order valence-electron chi connectivity index (χ2n) is 5.23. The summed E-state index contributed by atoms with van der Waals surface area (Å²) in [6.45, 7) is 4.71. The highest BCUT2D eigenvalue weighted by atomic mass is 19.1. The fourth-order valence-corrected chi connectivity index (χ4v) is 2.64. The molecule has 1 aromatic rings. The van der Waals surface area contributed by atoms with Crippen molar-refractivity contribution in [1.82, 2.24) is 15.5 Å². The molecule has 1 aromatic carbocycles. The Morgan fingerprint density at radius 2 is 2.09 bits per heavy atom. The first-order valence-corrected chi connectivity index (χ1v) is 7.28. The lowest BCUT2D eigenvalue weighted by Gasteiger charge is -2.24. The van der Waals surface area contributed by atoms with Crippen molar-refractivity contribution in [2.75, 3.05) is 19.6 Å². The van der Waals surface area contributed by atoms with Gasteiger partial charge in [0.15, 0.2) is 0 Å². The minimum atomic E-state index is -0.526. The summed E-state index contributed by atoms with van der Waals surface area (Å²) in [7, 11) is 0. The molecular formula is C16H20FN3O2. The number of carbonyl (C=O) groups is 2. The maximum atomic E-state index is 13.0. The van der Waals surface area contributed by atoms with E-state index >= 15 is 0 Å². The largest absolute Gasteiger partial charge is 0.334 e. The predicted octanol–water partition coefficient (Wildman–Crippen LogP) is 1.97. The van der Waals surface area contributed by atoms with Crippen LogP contribution < -0.4 is 10.6 Å². The highest BCUT2D eigenvalue weighted by molar-refractivity contribution is 5.95. The fraction of sp³-hybridized carbons (Fsp3) is 0.375. The Morgan fingerprint density at radius 1 is 1.36 bits per heavy atom. The molecule has 1 heterocycles. The first-order chi connectivity index (χ1) is 10.6. The zero-order valence-corrected chi connectivity index (χ0v) is 12.3. The van der Waals surface area contributed by atoms with Gasteiger partial charge in [-0.3, -0.25) is 15.0 Å². The molecule has 0 aliphatic carbocycles. The van der Waals surface area contributed by atoms with E-state index in [2.05, 4.69) is 17.2 Å². The molecule has 0 radical (unpaired) electrons. The van der Waals surface area contributed by atoms with Crippen LogP contribution in [0.25, 0.3) is 0 Å². The normalized spacial score (nSPS) is 18.0. The number of benzene rings is 1. The molecule has 1 unspecified atom stereocenters. The van der Waals surface area contributed by atoms with Crippen LogP contribution in [0, 0.1) is 5.82 Å². The maximum absolute atomic E-state index is 13.0. The standard InChI is InChI=1S/C16H20FN3O2/c1-2-9-18-16(22)19-15(21)11-20-10-3-4-14(20)12-5-7-13(17)8-6-12/h2,5-8,14H,1,3-4,9-11H2,(H2,18,19,21,22). The number of amides is 3. The van der Waals surface area contributed by atoms with Gasteiger partial charge >= 0.3 is 6.03 Å². The summed E-state index contributed by atoms with van der Waals surface area (Å²) in [5.74, 6) is -0.625. The Kier molecular flexibility index (Phi) is 5.66. The lowest BCUT2D eigenvalue weighted by Crippen LogP contribution is -2.44. The first kappa shape index (κ1) is 16.2. The smallest absolute Gasteiger partial charge is 0.321 e. The van der Waals surface area contributed by atoms with Gasteiger partial charge in [0.05, 0.1) is 6.54 Å². The molecule has 2 N–H and O–H groups in total. The molecule has 1 saturated heterocycles. The van der Waals surface area contributed by atoms with Crippen LogP contribution in [0.1, 0.15) is 24.4 Å². The van der Waals surface area contributed by atoms with Gasteiger partial charge in [0.1, 0.15) is 5.82 Å². The summed E-state index contributed by atoms with van der Waals surface area (Å²) in [6.07, 6.45) is 3.43. The second-order valence-corrected chi connectivity index (χ2v) is 5.23. The summed E-state index contributed by atoms with van der Waals surface area (Å²) >= 11 is 0. The number of rotatable bonds is 5. The average molecular weight is 305 g/mol. The molecule has 0 saturated carbocycles. The number of halogens is 1. The number of carbonyl (C=O) groups excluding carboxylic acids is 2. The van der Waals surface area contributed by atoms with Crippen LogP contribution in [-0.4, -0.2) is 36.5 Å². The van der Waals surface area contributed by atoms with E-state index in [9.17, 15) is 14.0 Å². The maximum Gasteiger partial charge on any atom is 0.321 e. The van der Waals surface area contributed by atoms with Gasteiger partial charge in [-0.1, -0.05) is 18.2 Å². The van der Waals surface area contributed by atoms with Crippen molar-refractivity contribution in [3.8, 4) is 0 Å². The molecule has 0 spiro atoms. The van der Waals surface area contributed by atoms with E-state index in [1.165, 1.54) is 18.2 Å². The van der Waals surface area contributed by atoms with Gasteiger partial charge in [0.25, 0.3) is 0 Å². The van der Waals surface area contributed by atoms with Crippen molar-refractivity contribution in [2.45, 2.75) is 18.9 Å². The van der Waals surface area contributed by atoms with E-state index in [4.69, 9.17) is 0 Å². The molecule has 1 fully saturated rings. The van der Waals surface area contributed by atoms with Crippen LogP contribution in [0.5, 0.6) is 0 Å². The van der Waals surface area contributed by atoms with E-state index in [1.54, 1.807) is 12.1 Å². The Hall–Kier alpha value is -2.21. The Balaban J connectivity index is 1.90. The molecular weight excluding hydrogens is 285 g/mol. The van der Waals surface area contributed by atoms with Crippen molar-refractivity contribution in [2.24, 2.45) is 0 Å².